The average Bonchev–Trinajstić information content (AvgIpc) is 2.48. The molecule has 1 aromatic heterocycles. The molecule has 0 saturated heterocycles. The van der Waals surface area contributed by atoms with Gasteiger partial charge in [0.2, 0.25) is 0 Å². The number of halogens is 1. The van der Waals surface area contributed by atoms with Gasteiger partial charge in [0.05, 0.1) is 5.56 Å². The van der Waals surface area contributed by atoms with E-state index in [2.05, 4.69) is 22.6 Å². The number of hydrogen-bond donors (Lipinski definition) is 2. The second-order valence-corrected chi connectivity index (χ2v) is 4.90. The highest BCUT2D eigenvalue weighted by Gasteiger charge is 2.10. The predicted octanol–water partition coefficient (Wildman–Crippen LogP) is 2.79. The Labute approximate surface area is 97.7 Å². The Morgan fingerprint density at radius 1 is 1.50 bits per heavy atom. The molecule has 1 aromatic carbocycles. The lowest BCUT2D eigenvalue weighted by Crippen LogP contribution is -1.97. The second-order valence-electron chi connectivity index (χ2n) is 2.83. The van der Waals surface area contributed by atoms with Crippen LogP contribution in [0.3, 0.4) is 0 Å². The summed E-state index contributed by atoms with van der Waals surface area (Å²) in [5.41, 5.74) is 6.56. The van der Waals surface area contributed by atoms with Gasteiger partial charge >= 0.3 is 5.97 Å². The highest BCUT2D eigenvalue weighted by molar-refractivity contribution is 14.1. The summed E-state index contributed by atoms with van der Waals surface area (Å²) < 4.78 is 1.99. The van der Waals surface area contributed by atoms with Crippen LogP contribution in [-0.4, -0.2) is 11.1 Å². The molecule has 2 rings (SSSR count). The Morgan fingerprint density at radius 2 is 2.21 bits per heavy atom. The normalized spacial score (nSPS) is 10.6. The Morgan fingerprint density at radius 3 is 2.86 bits per heavy atom. The first-order chi connectivity index (χ1) is 6.59. The van der Waals surface area contributed by atoms with Gasteiger partial charge in [0.1, 0.15) is 0 Å². The molecular weight excluding hydrogens is 313 g/mol. The van der Waals surface area contributed by atoms with E-state index in [-0.39, 0.29) is 5.56 Å². The summed E-state index contributed by atoms with van der Waals surface area (Å²) >= 11 is 3.70. The average molecular weight is 319 g/mol. The van der Waals surface area contributed by atoms with Gasteiger partial charge in [-0.25, -0.2) is 4.79 Å². The van der Waals surface area contributed by atoms with Gasteiger partial charge in [0, 0.05) is 24.7 Å². The van der Waals surface area contributed by atoms with Gasteiger partial charge in [-0.05, 0) is 34.7 Å². The number of thiophene rings is 1. The maximum absolute atomic E-state index is 10.8. The minimum atomic E-state index is -0.943. The number of benzene rings is 1. The molecule has 0 fully saturated rings. The van der Waals surface area contributed by atoms with Crippen molar-refractivity contribution in [1.82, 2.24) is 0 Å². The van der Waals surface area contributed by atoms with E-state index in [1.165, 1.54) is 17.4 Å². The number of hydrogen-bond acceptors (Lipinski definition) is 3. The van der Waals surface area contributed by atoms with Crippen molar-refractivity contribution in [2.24, 2.45) is 0 Å². The summed E-state index contributed by atoms with van der Waals surface area (Å²) in [5.74, 6) is -0.943. The van der Waals surface area contributed by atoms with E-state index in [1.807, 2.05) is 5.38 Å². The number of nitrogens with two attached hydrogens (primary N) is 1. The van der Waals surface area contributed by atoms with Crippen LogP contribution in [0.4, 0.5) is 5.69 Å². The number of aromatic carboxylic acids is 1. The summed E-state index contributed by atoms with van der Waals surface area (Å²) in [6.07, 6.45) is 0. The number of nitrogen functional groups attached to an aromatic ring is 1. The molecule has 2 aromatic rings. The van der Waals surface area contributed by atoms with Gasteiger partial charge in [-0.1, -0.05) is 0 Å². The Kier molecular flexibility index (Phi) is 2.36. The summed E-state index contributed by atoms with van der Waals surface area (Å²) in [4.78, 5) is 10.8. The van der Waals surface area contributed by atoms with Crippen molar-refractivity contribution in [3.63, 3.8) is 0 Å². The molecule has 5 heteroatoms. The lowest BCUT2D eigenvalue weighted by atomic mass is 10.1. The van der Waals surface area contributed by atoms with Crippen LogP contribution in [0.2, 0.25) is 0 Å². The number of carbonyl (C=O) groups is 1. The van der Waals surface area contributed by atoms with E-state index in [1.54, 1.807) is 6.07 Å². The molecule has 0 bridgehead atoms. The molecule has 0 atom stereocenters. The third-order valence-corrected chi connectivity index (χ3v) is 4.11. The monoisotopic (exact) mass is 319 g/mol. The zero-order valence-electron chi connectivity index (χ0n) is 6.95. The number of carboxylic acid groups (broad SMARTS) is 1. The number of fused-ring (bicyclic) bond motifs is 1. The van der Waals surface area contributed by atoms with Crippen molar-refractivity contribution < 1.29 is 9.90 Å². The van der Waals surface area contributed by atoms with Gasteiger partial charge in [-0.3, -0.25) is 0 Å². The molecule has 1 heterocycles. The Hall–Kier alpha value is -0.820. The molecule has 0 aliphatic rings. The zero-order valence-corrected chi connectivity index (χ0v) is 9.93. The molecule has 0 aliphatic heterocycles. The molecule has 72 valence electrons. The third-order valence-electron chi connectivity index (χ3n) is 1.91. The fraction of sp³-hybridized carbons (Fsp3) is 0. The molecule has 0 unspecified atom stereocenters. The van der Waals surface area contributed by atoms with E-state index in [0.29, 0.717) is 5.69 Å². The van der Waals surface area contributed by atoms with Crippen molar-refractivity contribution in [1.29, 1.82) is 0 Å². The first-order valence-corrected chi connectivity index (χ1v) is 5.75. The molecule has 0 saturated carbocycles. The molecule has 14 heavy (non-hydrogen) atoms. The topological polar surface area (TPSA) is 63.3 Å². The van der Waals surface area contributed by atoms with Gasteiger partial charge < -0.3 is 10.8 Å². The van der Waals surface area contributed by atoms with Crippen LogP contribution in [0.5, 0.6) is 0 Å². The van der Waals surface area contributed by atoms with Crippen LogP contribution in [0.15, 0.2) is 17.5 Å². The van der Waals surface area contributed by atoms with Crippen LogP contribution in [-0.2, 0) is 0 Å². The minimum absolute atomic E-state index is 0.244. The lowest BCUT2D eigenvalue weighted by Gasteiger charge is -2.00. The van der Waals surface area contributed by atoms with Crippen LogP contribution < -0.4 is 5.73 Å². The highest BCUT2D eigenvalue weighted by Crippen LogP contribution is 2.32. The van der Waals surface area contributed by atoms with Crippen LogP contribution >= 0.6 is 33.9 Å². The van der Waals surface area contributed by atoms with Crippen molar-refractivity contribution in [2.45, 2.75) is 0 Å². The molecule has 3 nitrogen and oxygen atoms in total. The van der Waals surface area contributed by atoms with Gasteiger partial charge in [-0.15, -0.1) is 11.3 Å². The largest absolute Gasteiger partial charge is 0.478 e. The van der Waals surface area contributed by atoms with E-state index in [9.17, 15) is 4.79 Å². The summed E-state index contributed by atoms with van der Waals surface area (Å²) in [6, 6.07) is 3.15. The van der Waals surface area contributed by atoms with Crippen LogP contribution in [0.25, 0.3) is 10.1 Å². The number of carboxylic acids is 1. The van der Waals surface area contributed by atoms with Crippen molar-refractivity contribution in [2.75, 3.05) is 5.73 Å². The molecular formula is C9H6INO2S. The van der Waals surface area contributed by atoms with Crippen molar-refractivity contribution in [3.05, 3.63) is 26.6 Å². The van der Waals surface area contributed by atoms with Crippen LogP contribution in [0, 0.1) is 3.57 Å². The fourth-order valence-electron chi connectivity index (χ4n) is 1.28. The molecule has 3 N–H and O–H groups in total. The van der Waals surface area contributed by atoms with E-state index in [4.69, 9.17) is 10.8 Å². The van der Waals surface area contributed by atoms with E-state index >= 15 is 0 Å². The van der Waals surface area contributed by atoms with Crippen LogP contribution in [0.1, 0.15) is 10.4 Å². The Bertz CT molecular complexity index is 521. The standard InChI is InChI=1S/C9H6INO2S/c10-5-3-14-7-2-4(9(12)13)1-6(11)8(5)7/h1-3H,11H2,(H,12,13). The van der Waals surface area contributed by atoms with Gasteiger partial charge in [0.25, 0.3) is 0 Å². The second kappa shape index (κ2) is 3.39. The molecule has 0 radical (unpaired) electrons. The first kappa shape index (κ1) is 9.72. The predicted molar refractivity (Wildman–Crippen MR) is 65.9 cm³/mol. The van der Waals surface area contributed by atoms with E-state index < -0.39 is 5.97 Å². The summed E-state index contributed by atoms with van der Waals surface area (Å²) in [6.45, 7) is 0. The minimum Gasteiger partial charge on any atom is -0.478 e. The van der Waals surface area contributed by atoms with Gasteiger partial charge in [-0.2, -0.15) is 0 Å². The maximum Gasteiger partial charge on any atom is 0.335 e. The number of rotatable bonds is 1. The smallest absolute Gasteiger partial charge is 0.335 e. The molecule has 0 amide bonds. The third kappa shape index (κ3) is 1.46. The molecule has 0 spiro atoms. The summed E-state index contributed by atoms with van der Waals surface area (Å²) in [5, 5.41) is 11.7. The lowest BCUT2D eigenvalue weighted by molar-refractivity contribution is 0.0697. The molecule has 0 aliphatic carbocycles. The van der Waals surface area contributed by atoms with Crippen molar-refractivity contribution >= 4 is 55.7 Å². The zero-order chi connectivity index (χ0) is 10.3. The number of anilines is 1. The maximum atomic E-state index is 10.8. The first-order valence-electron chi connectivity index (χ1n) is 3.79. The quantitative estimate of drug-likeness (QED) is 0.627. The van der Waals surface area contributed by atoms with Crippen molar-refractivity contribution in [3.8, 4) is 0 Å². The SMILES string of the molecule is Nc1cc(C(=O)O)cc2scc(I)c12. The highest BCUT2D eigenvalue weighted by atomic mass is 127. The van der Waals surface area contributed by atoms with E-state index in [0.717, 1.165) is 13.7 Å². The fourth-order valence-corrected chi connectivity index (χ4v) is 3.34. The Balaban J connectivity index is 2.80. The van der Waals surface area contributed by atoms with Gasteiger partial charge in [0.15, 0.2) is 0 Å². The summed E-state index contributed by atoms with van der Waals surface area (Å²) in [7, 11) is 0.